The molecule has 0 radical (unpaired) electrons. The lowest BCUT2D eigenvalue weighted by Gasteiger charge is -2.13. The molecular weight excluding hydrogens is 182 g/mol. The first-order chi connectivity index (χ1) is 6.68. The van der Waals surface area contributed by atoms with Crippen LogP contribution in [0.4, 0.5) is 0 Å². The summed E-state index contributed by atoms with van der Waals surface area (Å²) in [5.74, 6) is 0.505. The van der Waals surface area contributed by atoms with Crippen LogP contribution in [-0.4, -0.2) is 30.7 Å². The predicted molar refractivity (Wildman–Crippen MR) is 49.4 cm³/mol. The van der Waals surface area contributed by atoms with Crippen molar-refractivity contribution in [2.24, 2.45) is 5.73 Å². The second-order valence-electron chi connectivity index (χ2n) is 3.20. The summed E-state index contributed by atoms with van der Waals surface area (Å²) in [6.07, 6.45) is 3.90. The van der Waals surface area contributed by atoms with Crippen LogP contribution >= 0.6 is 0 Å². The van der Waals surface area contributed by atoms with E-state index in [0.717, 1.165) is 0 Å². The highest BCUT2D eigenvalue weighted by molar-refractivity contribution is 5.26. The maximum absolute atomic E-state index is 9.67. The quantitative estimate of drug-likeness (QED) is 0.671. The number of fused-ring (bicyclic) bond motifs is 1. The zero-order valence-electron chi connectivity index (χ0n) is 7.70. The van der Waals surface area contributed by atoms with Crippen molar-refractivity contribution in [1.29, 1.82) is 0 Å². The minimum Gasteiger partial charge on any atom is -0.387 e. The molecule has 0 bridgehead atoms. The Hall–Kier alpha value is -1.53. The molecule has 0 aromatic carbocycles. The van der Waals surface area contributed by atoms with E-state index in [4.69, 9.17) is 5.73 Å². The molecule has 0 spiro atoms. The van der Waals surface area contributed by atoms with Crippen LogP contribution in [0.25, 0.3) is 5.78 Å². The highest BCUT2D eigenvalue weighted by Crippen LogP contribution is 2.13. The normalized spacial score (nSPS) is 15.6. The van der Waals surface area contributed by atoms with Crippen LogP contribution in [0, 0.1) is 0 Å². The molecule has 0 amide bonds. The molecule has 0 aliphatic heterocycles. The third kappa shape index (κ3) is 1.45. The van der Waals surface area contributed by atoms with Crippen molar-refractivity contribution in [2.45, 2.75) is 19.1 Å². The summed E-state index contributed by atoms with van der Waals surface area (Å²) in [4.78, 5) is 7.91. The van der Waals surface area contributed by atoms with Gasteiger partial charge in [-0.15, -0.1) is 0 Å². The minimum absolute atomic E-state index is 0.335. The summed E-state index contributed by atoms with van der Waals surface area (Å²) in [6.45, 7) is 1.73. The van der Waals surface area contributed by atoms with Crippen LogP contribution in [0.3, 0.4) is 0 Å². The van der Waals surface area contributed by atoms with E-state index in [0.29, 0.717) is 11.3 Å². The van der Waals surface area contributed by atoms with Gasteiger partial charge in [-0.05, 0) is 6.92 Å². The van der Waals surface area contributed by atoms with Crippen molar-refractivity contribution < 1.29 is 5.11 Å². The largest absolute Gasteiger partial charge is 0.387 e. The molecule has 2 aromatic rings. The van der Waals surface area contributed by atoms with Crippen molar-refractivity contribution >= 4 is 5.78 Å². The molecule has 0 fully saturated rings. The number of hydrogen-bond acceptors (Lipinski definition) is 5. The molecule has 2 atom stereocenters. The maximum Gasteiger partial charge on any atom is 0.252 e. The van der Waals surface area contributed by atoms with Crippen molar-refractivity contribution in [3.05, 3.63) is 24.3 Å². The first kappa shape index (κ1) is 9.04. The van der Waals surface area contributed by atoms with E-state index in [1.807, 2.05) is 0 Å². The molecule has 0 saturated carbocycles. The molecule has 3 N–H and O–H groups in total. The van der Waals surface area contributed by atoms with Gasteiger partial charge in [-0.3, -0.25) is 0 Å². The molecule has 6 heteroatoms. The molecule has 2 heterocycles. The Morgan fingerprint density at radius 3 is 3.00 bits per heavy atom. The molecule has 0 saturated heterocycles. The second kappa shape index (κ2) is 3.32. The highest BCUT2D eigenvalue weighted by atomic mass is 16.3. The van der Waals surface area contributed by atoms with Crippen LogP contribution in [0.15, 0.2) is 18.7 Å². The lowest BCUT2D eigenvalue weighted by molar-refractivity contribution is 0.152. The summed E-state index contributed by atoms with van der Waals surface area (Å²) in [7, 11) is 0. The number of aromatic nitrogens is 4. The van der Waals surface area contributed by atoms with Gasteiger partial charge in [0.1, 0.15) is 6.33 Å². The Morgan fingerprint density at radius 2 is 2.29 bits per heavy atom. The first-order valence-corrected chi connectivity index (χ1v) is 4.27. The molecule has 2 rings (SSSR count). The monoisotopic (exact) mass is 193 g/mol. The Balaban J connectivity index is 2.43. The minimum atomic E-state index is -0.726. The third-order valence-corrected chi connectivity index (χ3v) is 1.99. The van der Waals surface area contributed by atoms with E-state index in [-0.39, 0.29) is 6.04 Å². The summed E-state index contributed by atoms with van der Waals surface area (Å²) < 4.78 is 1.50. The number of aliphatic hydroxyl groups excluding tert-OH is 1. The molecule has 0 aliphatic carbocycles. The molecule has 2 aromatic heterocycles. The van der Waals surface area contributed by atoms with Gasteiger partial charge in [0.2, 0.25) is 0 Å². The number of nitrogens with zero attached hydrogens (tertiary/aromatic N) is 4. The van der Waals surface area contributed by atoms with Crippen LogP contribution in [0.5, 0.6) is 0 Å². The highest BCUT2D eigenvalue weighted by Gasteiger charge is 2.13. The molecular formula is C8H11N5O. The molecule has 2 unspecified atom stereocenters. The van der Waals surface area contributed by atoms with E-state index >= 15 is 0 Å². The van der Waals surface area contributed by atoms with E-state index < -0.39 is 6.10 Å². The zero-order chi connectivity index (χ0) is 10.1. The van der Waals surface area contributed by atoms with Gasteiger partial charge < -0.3 is 10.8 Å². The molecule has 74 valence electrons. The van der Waals surface area contributed by atoms with Crippen LogP contribution < -0.4 is 5.73 Å². The number of rotatable bonds is 2. The van der Waals surface area contributed by atoms with Crippen LogP contribution in [0.1, 0.15) is 18.6 Å². The fourth-order valence-corrected chi connectivity index (χ4v) is 1.19. The zero-order valence-corrected chi connectivity index (χ0v) is 7.70. The average molecular weight is 193 g/mol. The summed E-state index contributed by atoms with van der Waals surface area (Å²) in [5, 5.41) is 13.6. The van der Waals surface area contributed by atoms with Gasteiger partial charge in [-0.1, -0.05) is 0 Å². The summed E-state index contributed by atoms with van der Waals surface area (Å²) in [5.41, 5.74) is 6.20. The lowest BCUT2D eigenvalue weighted by atomic mass is 10.1. The van der Waals surface area contributed by atoms with Crippen molar-refractivity contribution in [3.63, 3.8) is 0 Å². The summed E-state index contributed by atoms with van der Waals surface area (Å²) >= 11 is 0. The van der Waals surface area contributed by atoms with E-state index in [2.05, 4.69) is 15.1 Å². The first-order valence-electron chi connectivity index (χ1n) is 4.27. The van der Waals surface area contributed by atoms with E-state index in [9.17, 15) is 5.11 Å². The van der Waals surface area contributed by atoms with Crippen LogP contribution in [0.2, 0.25) is 0 Å². The van der Waals surface area contributed by atoms with E-state index in [1.165, 1.54) is 10.8 Å². The maximum atomic E-state index is 9.67. The average Bonchev–Trinajstić information content (AvgIpc) is 2.62. The van der Waals surface area contributed by atoms with Gasteiger partial charge in [0.05, 0.1) is 6.10 Å². The van der Waals surface area contributed by atoms with Gasteiger partial charge in [-0.25, -0.2) is 9.50 Å². The van der Waals surface area contributed by atoms with Crippen molar-refractivity contribution in [1.82, 2.24) is 19.6 Å². The second-order valence-corrected chi connectivity index (χ2v) is 3.20. The van der Waals surface area contributed by atoms with Crippen molar-refractivity contribution in [2.75, 3.05) is 0 Å². The Labute approximate surface area is 80.4 Å². The molecule has 0 aliphatic rings. The SMILES string of the molecule is CC(N)C(O)c1cnc2ncnn2c1. The standard InChI is InChI=1S/C8H11N5O/c1-5(9)7(14)6-2-10-8-11-4-12-13(8)3-6/h2-5,7,14H,9H2,1H3. The number of aliphatic hydroxyl groups is 1. The lowest BCUT2D eigenvalue weighted by Crippen LogP contribution is -2.24. The molecule has 6 nitrogen and oxygen atoms in total. The van der Waals surface area contributed by atoms with Gasteiger partial charge in [0.15, 0.2) is 0 Å². The van der Waals surface area contributed by atoms with Crippen LogP contribution in [-0.2, 0) is 0 Å². The Bertz CT molecular complexity index is 438. The number of hydrogen-bond donors (Lipinski definition) is 2. The third-order valence-electron chi connectivity index (χ3n) is 1.99. The van der Waals surface area contributed by atoms with Gasteiger partial charge in [0.25, 0.3) is 5.78 Å². The fraction of sp³-hybridized carbons (Fsp3) is 0.375. The van der Waals surface area contributed by atoms with Gasteiger partial charge in [0, 0.05) is 24.0 Å². The number of nitrogens with two attached hydrogens (primary N) is 1. The Morgan fingerprint density at radius 1 is 1.50 bits per heavy atom. The Kier molecular flexibility index (Phi) is 2.14. The van der Waals surface area contributed by atoms with Gasteiger partial charge >= 0.3 is 0 Å². The van der Waals surface area contributed by atoms with E-state index in [1.54, 1.807) is 19.3 Å². The summed E-state index contributed by atoms with van der Waals surface area (Å²) in [6, 6.07) is -0.335. The predicted octanol–water partition coefficient (Wildman–Crippen LogP) is -0.495. The smallest absolute Gasteiger partial charge is 0.252 e. The molecule has 14 heavy (non-hydrogen) atoms. The topological polar surface area (TPSA) is 89.3 Å². The fourth-order valence-electron chi connectivity index (χ4n) is 1.19. The van der Waals surface area contributed by atoms with Crippen molar-refractivity contribution in [3.8, 4) is 0 Å². The van der Waals surface area contributed by atoms with Gasteiger partial charge in [-0.2, -0.15) is 10.1 Å².